The van der Waals surface area contributed by atoms with Crippen LogP contribution in [0.2, 0.25) is 5.02 Å². The first-order valence-electron chi connectivity index (χ1n) is 6.52. The number of nitrogens with zero attached hydrogens (tertiary/aromatic N) is 1. The zero-order valence-electron chi connectivity index (χ0n) is 11.5. The molecule has 0 aliphatic heterocycles. The lowest BCUT2D eigenvalue weighted by Gasteiger charge is -2.08. The van der Waals surface area contributed by atoms with Gasteiger partial charge in [-0.2, -0.15) is 0 Å². The van der Waals surface area contributed by atoms with Gasteiger partial charge in [-0.3, -0.25) is 4.79 Å². The molecule has 0 fully saturated rings. The van der Waals surface area contributed by atoms with E-state index in [0.717, 1.165) is 17.3 Å². The summed E-state index contributed by atoms with van der Waals surface area (Å²) < 4.78 is 1.88. The summed E-state index contributed by atoms with van der Waals surface area (Å²) in [7, 11) is 1.88. The number of benzene rings is 1. The van der Waals surface area contributed by atoms with Gasteiger partial charge in [0.1, 0.15) is 5.69 Å². The molecule has 0 saturated heterocycles. The summed E-state index contributed by atoms with van der Waals surface area (Å²) in [5.41, 5.74) is 1.64. The smallest absolute Gasteiger partial charge is 0.267 e. The van der Waals surface area contributed by atoms with Crippen LogP contribution in [0.1, 0.15) is 30.8 Å². The maximum Gasteiger partial charge on any atom is 0.267 e. The van der Waals surface area contributed by atoms with Crippen LogP contribution >= 0.6 is 11.6 Å². The van der Waals surface area contributed by atoms with Crippen LogP contribution in [0.15, 0.2) is 24.3 Å². The quantitative estimate of drug-likeness (QED) is 0.911. The fourth-order valence-corrected chi connectivity index (χ4v) is 2.25. The van der Waals surface area contributed by atoms with E-state index in [1.165, 1.54) is 0 Å². The van der Waals surface area contributed by atoms with Crippen LogP contribution in [0, 0.1) is 5.92 Å². The van der Waals surface area contributed by atoms with Crippen molar-refractivity contribution in [2.45, 2.75) is 20.3 Å². The van der Waals surface area contributed by atoms with Crippen LogP contribution in [0.5, 0.6) is 0 Å². The lowest BCUT2D eigenvalue weighted by molar-refractivity contribution is 0.0944. The van der Waals surface area contributed by atoms with Crippen molar-refractivity contribution in [2.75, 3.05) is 6.54 Å². The first-order chi connectivity index (χ1) is 8.99. The molecule has 0 atom stereocenters. The molecule has 1 N–H and O–H groups in total. The van der Waals surface area contributed by atoms with Gasteiger partial charge >= 0.3 is 0 Å². The number of amides is 1. The summed E-state index contributed by atoms with van der Waals surface area (Å²) in [6, 6.07) is 7.55. The summed E-state index contributed by atoms with van der Waals surface area (Å²) in [4.78, 5) is 12.1. The molecule has 0 spiro atoms. The minimum Gasteiger partial charge on any atom is -0.351 e. The third-order valence-electron chi connectivity index (χ3n) is 3.25. The third-order valence-corrected chi connectivity index (χ3v) is 3.48. The highest BCUT2D eigenvalue weighted by Crippen LogP contribution is 2.22. The molecule has 102 valence electrons. The minimum absolute atomic E-state index is 0.0320. The number of hydrogen-bond acceptors (Lipinski definition) is 1. The summed E-state index contributed by atoms with van der Waals surface area (Å²) >= 11 is 5.98. The summed E-state index contributed by atoms with van der Waals surface area (Å²) in [5, 5.41) is 4.66. The van der Waals surface area contributed by atoms with Gasteiger partial charge in [0.15, 0.2) is 0 Å². The Morgan fingerprint density at radius 3 is 2.79 bits per heavy atom. The number of carbonyl (C=O) groups excluding carboxylic acids is 1. The maximum absolute atomic E-state index is 12.1. The second kappa shape index (κ2) is 5.66. The first kappa shape index (κ1) is 13.9. The van der Waals surface area contributed by atoms with E-state index < -0.39 is 0 Å². The van der Waals surface area contributed by atoms with E-state index in [1.807, 2.05) is 35.9 Å². The Kier molecular flexibility index (Phi) is 4.15. The van der Waals surface area contributed by atoms with Gasteiger partial charge in [-0.25, -0.2) is 0 Å². The summed E-state index contributed by atoms with van der Waals surface area (Å²) in [6.45, 7) is 4.99. The molecule has 1 amide bonds. The van der Waals surface area contributed by atoms with Gasteiger partial charge in [0.05, 0.1) is 0 Å². The van der Waals surface area contributed by atoms with Crippen LogP contribution in [0.4, 0.5) is 0 Å². The van der Waals surface area contributed by atoms with Crippen LogP contribution in [0.25, 0.3) is 10.9 Å². The van der Waals surface area contributed by atoms with Gasteiger partial charge in [-0.1, -0.05) is 31.5 Å². The van der Waals surface area contributed by atoms with E-state index in [-0.39, 0.29) is 5.91 Å². The lowest BCUT2D eigenvalue weighted by Crippen LogP contribution is -2.27. The van der Waals surface area contributed by atoms with E-state index in [4.69, 9.17) is 11.6 Å². The highest BCUT2D eigenvalue weighted by atomic mass is 35.5. The van der Waals surface area contributed by atoms with Crippen LogP contribution in [-0.2, 0) is 7.05 Å². The van der Waals surface area contributed by atoms with Gasteiger partial charge in [-0.15, -0.1) is 0 Å². The van der Waals surface area contributed by atoms with E-state index in [0.29, 0.717) is 23.2 Å². The molecule has 2 aromatic rings. The van der Waals surface area contributed by atoms with Gasteiger partial charge in [0.2, 0.25) is 0 Å². The van der Waals surface area contributed by atoms with Crippen molar-refractivity contribution in [1.82, 2.24) is 9.88 Å². The third kappa shape index (κ3) is 3.10. The van der Waals surface area contributed by atoms with Crippen molar-refractivity contribution >= 4 is 28.4 Å². The number of hydrogen-bond donors (Lipinski definition) is 1. The highest BCUT2D eigenvalue weighted by molar-refractivity contribution is 6.31. The Labute approximate surface area is 118 Å². The molecule has 4 heteroatoms. The summed E-state index contributed by atoms with van der Waals surface area (Å²) in [5.74, 6) is 0.557. The molecule has 3 nitrogen and oxygen atoms in total. The second-order valence-electron chi connectivity index (χ2n) is 5.23. The van der Waals surface area contributed by atoms with Crippen LogP contribution in [0.3, 0.4) is 0 Å². The molecule has 2 rings (SSSR count). The average molecular weight is 279 g/mol. The number of aromatic nitrogens is 1. The molecule has 0 unspecified atom stereocenters. The molecule has 19 heavy (non-hydrogen) atoms. The predicted octanol–water partition coefficient (Wildman–Crippen LogP) is 3.61. The molecule has 0 bridgehead atoms. The van der Waals surface area contributed by atoms with Crippen molar-refractivity contribution in [2.24, 2.45) is 13.0 Å². The van der Waals surface area contributed by atoms with Crippen LogP contribution in [-0.4, -0.2) is 17.0 Å². The van der Waals surface area contributed by atoms with Crippen molar-refractivity contribution in [3.63, 3.8) is 0 Å². The highest BCUT2D eigenvalue weighted by Gasteiger charge is 2.13. The number of nitrogens with one attached hydrogen (secondary N) is 1. The molecule has 0 aliphatic rings. The fraction of sp³-hybridized carbons (Fsp3) is 0.400. The number of carbonyl (C=O) groups is 1. The molecule has 1 aromatic heterocycles. The molecular weight excluding hydrogens is 260 g/mol. The Morgan fingerprint density at radius 2 is 2.11 bits per heavy atom. The van der Waals surface area contributed by atoms with E-state index in [9.17, 15) is 4.79 Å². The largest absolute Gasteiger partial charge is 0.351 e. The van der Waals surface area contributed by atoms with Crippen molar-refractivity contribution in [3.05, 3.63) is 35.0 Å². The number of aryl methyl sites for hydroxylation is 1. The first-order valence-corrected chi connectivity index (χ1v) is 6.90. The SMILES string of the molecule is CC(C)CCNC(=O)c1cc2ccc(Cl)cc2n1C. The Balaban J connectivity index is 2.20. The Bertz CT molecular complexity index is 601. The van der Waals surface area contributed by atoms with Gasteiger partial charge in [-0.05, 0) is 30.5 Å². The molecular formula is C15H19ClN2O. The monoisotopic (exact) mass is 278 g/mol. The zero-order chi connectivity index (χ0) is 14.0. The number of halogens is 1. The standard InChI is InChI=1S/C15H19ClN2O/c1-10(2)6-7-17-15(19)14-8-11-4-5-12(16)9-13(11)18(14)3/h4-5,8-10H,6-7H2,1-3H3,(H,17,19). The second-order valence-corrected chi connectivity index (χ2v) is 5.67. The predicted molar refractivity (Wildman–Crippen MR) is 79.7 cm³/mol. The fourth-order valence-electron chi connectivity index (χ4n) is 2.09. The molecule has 0 aliphatic carbocycles. The maximum atomic E-state index is 12.1. The molecule has 0 radical (unpaired) electrons. The topological polar surface area (TPSA) is 34.0 Å². The Hall–Kier alpha value is -1.48. The minimum atomic E-state index is -0.0320. The van der Waals surface area contributed by atoms with Gasteiger partial charge in [0.25, 0.3) is 5.91 Å². The molecule has 1 aromatic carbocycles. The molecule has 0 saturated carbocycles. The van der Waals surface area contributed by atoms with Crippen molar-refractivity contribution in [3.8, 4) is 0 Å². The van der Waals surface area contributed by atoms with Gasteiger partial charge < -0.3 is 9.88 Å². The average Bonchev–Trinajstić information content (AvgIpc) is 2.66. The van der Waals surface area contributed by atoms with E-state index in [1.54, 1.807) is 0 Å². The number of fused-ring (bicyclic) bond motifs is 1. The Morgan fingerprint density at radius 1 is 1.37 bits per heavy atom. The summed E-state index contributed by atoms with van der Waals surface area (Å²) in [6.07, 6.45) is 0.988. The van der Waals surface area contributed by atoms with E-state index in [2.05, 4.69) is 19.2 Å². The zero-order valence-corrected chi connectivity index (χ0v) is 12.3. The van der Waals surface area contributed by atoms with Gasteiger partial charge in [0, 0.05) is 29.5 Å². The van der Waals surface area contributed by atoms with Crippen molar-refractivity contribution < 1.29 is 4.79 Å². The lowest BCUT2D eigenvalue weighted by atomic mass is 10.1. The normalized spacial score (nSPS) is 11.2. The number of rotatable bonds is 4. The molecule has 1 heterocycles. The van der Waals surface area contributed by atoms with E-state index >= 15 is 0 Å². The van der Waals surface area contributed by atoms with Crippen LogP contribution < -0.4 is 5.32 Å². The van der Waals surface area contributed by atoms with Crippen molar-refractivity contribution in [1.29, 1.82) is 0 Å².